The lowest BCUT2D eigenvalue weighted by molar-refractivity contribution is -0.140. The zero-order chi connectivity index (χ0) is 32.6. The van der Waals surface area contributed by atoms with Crippen LogP contribution in [0.5, 0.6) is 0 Å². The number of nitrogens with one attached hydrogen (secondary N) is 1. The first-order valence-electron chi connectivity index (χ1n) is 14.4. The molecule has 7 nitrogen and oxygen atoms in total. The molecule has 236 valence electrons. The topological polar surface area (TPSA) is 86.8 Å². The molecule has 45 heavy (non-hydrogen) atoms. The van der Waals surface area contributed by atoms with Crippen LogP contribution in [-0.4, -0.2) is 44.3 Å². The summed E-state index contributed by atoms with van der Waals surface area (Å²) in [5.74, 6) is -0.919. The highest BCUT2D eigenvalue weighted by atomic mass is 79.9. The predicted octanol–water partition coefficient (Wildman–Crippen LogP) is 7.43. The molecule has 0 saturated heterocycles. The molecule has 0 saturated carbocycles. The maximum Gasteiger partial charge on any atom is 0.264 e. The minimum atomic E-state index is -4.30. The maximum absolute atomic E-state index is 14.5. The minimum absolute atomic E-state index is 0.0158. The van der Waals surface area contributed by atoms with Gasteiger partial charge in [0.2, 0.25) is 11.8 Å². The number of hydrogen-bond donors (Lipinski definition) is 1. The van der Waals surface area contributed by atoms with Crippen molar-refractivity contribution >= 4 is 66.7 Å². The van der Waals surface area contributed by atoms with Gasteiger partial charge in [-0.05, 0) is 66.9 Å². The molecular formula is C34H34BrCl2N3O4S. The van der Waals surface area contributed by atoms with Crippen molar-refractivity contribution in [3.8, 4) is 0 Å². The molecule has 0 aliphatic heterocycles. The second kappa shape index (κ2) is 15.8. The molecule has 11 heteroatoms. The van der Waals surface area contributed by atoms with E-state index in [2.05, 4.69) is 21.2 Å². The Labute approximate surface area is 283 Å². The van der Waals surface area contributed by atoms with Crippen LogP contribution in [0.15, 0.2) is 106 Å². The molecule has 2 amide bonds. The van der Waals surface area contributed by atoms with Gasteiger partial charge in [0, 0.05) is 29.0 Å². The first-order valence-corrected chi connectivity index (χ1v) is 17.4. The number of anilines is 1. The van der Waals surface area contributed by atoms with Crippen molar-refractivity contribution in [2.45, 2.75) is 44.2 Å². The molecule has 1 N–H and O–H groups in total. The summed E-state index contributed by atoms with van der Waals surface area (Å²) in [5, 5.41) is 3.28. The van der Waals surface area contributed by atoms with E-state index in [1.807, 2.05) is 68.4 Å². The van der Waals surface area contributed by atoms with Crippen LogP contribution >= 0.6 is 39.1 Å². The maximum atomic E-state index is 14.5. The SMILES string of the molecule is CCCNC(=O)[C@H](Cc1ccccc1)N(Cc1ccc(Br)cc1)C(=O)CN(c1cc(Cl)ccc1Cl)S(=O)(=O)c1ccc(C)cc1. The van der Waals surface area contributed by atoms with Crippen LogP contribution in [0.25, 0.3) is 0 Å². The summed E-state index contributed by atoms with van der Waals surface area (Å²) >= 11 is 16.3. The molecule has 4 aromatic rings. The Morgan fingerprint density at radius 2 is 1.56 bits per heavy atom. The van der Waals surface area contributed by atoms with E-state index in [9.17, 15) is 18.0 Å². The first kappa shape index (κ1) is 34.5. The van der Waals surface area contributed by atoms with Crippen LogP contribution in [0.4, 0.5) is 5.69 Å². The van der Waals surface area contributed by atoms with Crippen molar-refractivity contribution in [3.63, 3.8) is 0 Å². The fourth-order valence-corrected chi connectivity index (χ4v) is 6.86. The highest BCUT2D eigenvalue weighted by Crippen LogP contribution is 2.33. The number of nitrogens with zero attached hydrogens (tertiary/aromatic N) is 2. The van der Waals surface area contributed by atoms with Crippen LogP contribution < -0.4 is 9.62 Å². The van der Waals surface area contributed by atoms with E-state index < -0.39 is 28.5 Å². The number of benzene rings is 4. The van der Waals surface area contributed by atoms with E-state index >= 15 is 0 Å². The molecule has 0 aromatic heterocycles. The van der Waals surface area contributed by atoms with Crippen molar-refractivity contribution < 1.29 is 18.0 Å². The zero-order valence-corrected chi connectivity index (χ0v) is 28.8. The zero-order valence-electron chi connectivity index (χ0n) is 24.9. The van der Waals surface area contributed by atoms with Gasteiger partial charge in [-0.2, -0.15) is 0 Å². The second-order valence-electron chi connectivity index (χ2n) is 10.6. The number of rotatable bonds is 13. The number of sulfonamides is 1. The summed E-state index contributed by atoms with van der Waals surface area (Å²) in [6.07, 6.45) is 0.932. The van der Waals surface area contributed by atoms with Crippen LogP contribution in [-0.2, 0) is 32.6 Å². The fourth-order valence-electron chi connectivity index (χ4n) is 4.73. The monoisotopic (exact) mass is 729 g/mol. The molecule has 0 heterocycles. The first-order chi connectivity index (χ1) is 21.5. The van der Waals surface area contributed by atoms with Crippen molar-refractivity contribution in [2.24, 2.45) is 0 Å². The summed E-state index contributed by atoms with van der Waals surface area (Å²) in [6.45, 7) is 3.66. The van der Waals surface area contributed by atoms with Gasteiger partial charge >= 0.3 is 0 Å². The fraction of sp³-hybridized carbons (Fsp3) is 0.235. The van der Waals surface area contributed by atoms with Crippen molar-refractivity contribution in [1.29, 1.82) is 0 Å². The smallest absolute Gasteiger partial charge is 0.264 e. The third-order valence-corrected chi connectivity index (χ3v) is 10.0. The Morgan fingerprint density at radius 1 is 0.889 bits per heavy atom. The lowest BCUT2D eigenvalue weighted by Crippen LogP contribution is -2.53. The summed E-state index contributed by atoms with van der Waals surface area (Å²) in [7, 11) is -4.30. The minimum Gasteiger partial charge on any atom is -0.354 e. The molecule has 1 atom stereocenters. The van der Waals surface area contributed by atoms with Gasteiger partial charge < -0.3 is 10.2 Å². The van der Waals surface area contributed by atoms with Crippen LogP contribution in [0, 0.1) is 6.92 Å². The number of halogens is 3. The van der Waals surface area contributed by atoms with Crippen LogP contribution in [0.3, 0.4) is 0 Å². The number of carbonyl (C=O) groups is 2. The standard InChI is InChI=1S/C34H34BrCl2N3O4S/c1-3-19-38-34(42)32(20-25-7-5-4-6-8-25)39(22-26-11-13-27(35)14-12-26)33(41)23-40(31-21-28(36)15-18-30(31)37)45(43,44)29-16-9-24(2)10-17-29/h4-18,21,32H,3,19-20,22-23H2,1-2H3,(H,38,42)/t32-/m0/s1. The summed E-state index contributed by atoms with van der Waals surface area (Å²) in [6, 6.07) is 26.6. The molecule has 0 spiro atoms. The van der Waals surface area contributed by atoms with Gasteiger partial charge in [-0.15, -0.1) is 0 Å². The van der Waals surface area contributed by atoms with E-state index in [4.69, 9.17) is 23.2 Å². The third-order valence-electron chi connectivity index (χ3n) is 7.15. The number of carbonyl (C=O) groups excluding carboxylic acids is 2. The highest BCUT2D eigenvalue weighted by Gasteiger charge is 2.35. The van der Waals surface area contributed by atoms with Gasteiger partial charge in [-0.25, -0.2) is 8.42 Å². The van der Waals surface area contributed by atoms with Crippen molar-refractivity contribution in [3.05, 3.63) is 128 Å². The third kappa shape index (κ3) is 9.10. The predicted molar refractivity (Wildman–Crippen MR) is 184 cm³/mol. The number of amides is 2. The van der Waals surface area contributed by atoms with Gasteiger partial charge in [-0.3, -0.25) is 13.9 Å². The Bertz CT molecular complexity index is 1720. The van der Waals surface area contributed by atoms with Gasteiger partial charge in [0.25, 0.3) is 10.0 Å². The van der Waals surface area contributed by atoms with Crippen molar-refractivity contribution in [2.75, 3.05) is 17.4 Å². The molecule has 0 unspecified atom stereocenters. The summed E-state index contributed by atoms with van der Waals surface area (Å²) < 4.78 is 30.2. The molecule has 0 fully saturated rings. The van der Waals surface area contributed by atoms with E-state index in [0.717, 1.165) is 25.5 Å². The average molecular weight is 732 g/mol. The van der Waals surface area contributed by atoms with Crippen LogP contribution in [0.2, 0.25) is 10.0 Å². The Kier molecular flexibility index (Phi) is 12.1. The van der Waals surface area contributed by atoms with E-state index in [0.29, 0.717) is 13.0 Å². The summed E-state index contributed by atoms with van der Waals surface area (Å²) in [5.41, 5.74) is 2.54. The Hall–Kier alpha value is -3.37. The quantitative estimate of drug-likeness (QED) is 0.155. The Balaban J connectivity index is 1.82. The van der Waals surface area contributed by atoms with E-state index in [1.54, 1.807) is 18.2 Å². The lowest BCUT2D eigenvalue weighted by atomic mass is 10.0. The molecule has 0 aliphatic carbocycles. The van der Waals surface area contributed by atoms with Gasteiger partial charge in [0.1, 0.15) is 12.6 Å². The molecule has 0 bridgehead atoms. The largest absolute Gasteiger partial charge is 0.354 e. The number of aryl methyl sites for hydroxylation is 1. The molecule has 0 radical (unpaired) electrons. The van der Waals surface area contributed by atoms with Crippen molar-refractivity contribution in [1.82, 2.24) is 10.2 Å². The summed E-state index contributed by atoms with van der Waals surface area (Å²) in [4.78, 5) is 29.6. The Morgan fingerprint density at radius 3 is 2.20 bits per heavy atom. The molecule has 4 aromatic carbocycles. The number of hydrogen-bond acceptors (Lipinski definition) is 4. The highest BCUT2D eigenvalue weighted by molar-refractivity contribution is 9.10. The lowest BCUT2D eigenvalue weighted by Gasteiger charge is -2.34. The van der Waals surface area contributed by atoms with Gasteiger partial charge in [-0.1, -0.05) is 106 Å². The second-order valence-corrected chi connectivity index (χ2v) is 14.2. The van der Waals surface area contributed by atoms with E-state index in [-0.39, 0.29) is 39.5 Å². The average Bonchev–Trinajstić information content (AvgIpc) is 3.03. The normalized spacial score (nSPS) is 11.9. The molecule has 4 rings (SSSR count). The van der Waals surface area contributed by atoms with Gasteiger partial charge in [0.05, 0.1) is 15.6 Å². The van der Waals surface area contributed by atoms with Crippen LogP contribution in [0.1, 0.15) is 30.0 Å². The molecular weight excluding hydrogens is 697 g/mol. The molecule has 0 aliphatic rings. The van der Waals surface area contributed by atoms with E-state index in [1.165, 1.54) is 29.2 Å². The van der Waals surface area contributed by atoms with Gasteiger partial charge in [0.15, 0.2) is 0 Å².